The number of H-pyrrole nitrogens is 2. The Morgan fingerprint density at radius 1 is 0.929 bits per heavy atom. The second-order valence-electron chi connectivity index (χ2n) is 9.19. The average Bonchev–Trinajstić information content (AvgIpc) is 3.07. The minimum atomic E-state index is -2.96. The molecule has 0 bridgehead atoms. The lowest BCUT2D eigenvalue weighted by atomic mass is 9.86. The van der Waals surface area contributed by atoms with Gasteiger partial charge >= 0.3 is 0 Å². The molecule has 0 aliphatic heterocycles. The molecule has 0 aromatic carbocycles. The largest absolute Gasteiger partial charge is 0.344 e. The summed E-state index contributed by atoms with van der Waals surface area (Å²) in [6.45, 7) is 11.8. The molecule has 0 aliphatic carbocycles. The van der Waals surface area contributed by atoms with Crippen molar-refractivity contribution in [3.63, 3.8) is 0 Å². The van der Waals surface area contributed by atoms with Gasteiger partial charge in [-0.25, -0.2) is 27.9 Å². The predicted molar refractivity (Wildman–Crippen MR) is 112 cm³/mol. The van der Waals surface area contributed by atoms with Gasteiger partial charge in [-0.15, -0.1) is 0 Å². The fourth-order valence-corrected chi connectivity index (χ4v) is 4.73. The summed E-state index contributed by atoms with van der Waals surface area (Å²) >= 11 is 0. The van der Waals surface area contributed by atoms with E-state index in [1.807, 2.05) is 34.6 Å². The smallest absolute Gasteiger partial charge is 0.156 e. The van der Waals surface area contributed by atoms with Gasteiger partial charge in [0.05, 0.1) is 30.8 Å². The van der Waals surface area contributed by atoms with Gasteiger partial charge in [0.25, 0.3) is 0 Å². The molecule has 0 radical (unpaired) electrons. The van der Waals surface area contributed by atoms with Crippen molar-refractivity contribution in [3.8, 4) is 0 Å². The Hall–Kier alpha value is -1.68. The molecule has 0 spiro atoms. The van der Waals surface area contributed by atoms with Gasteiger partial charge in [0.1, 0.15) is 16.7 Å². The van der Waals surface area contributed by atoms with Crippen molar-refractivity contribution >= 4 is 19.5 Å². The molecule has 8 nitrogen and oxygen atoms in total. The summed E-state index contributed by atoms with van der Waals surface area (Å²) in [4.78, 5) is 15.3. The molecule has 10 heteroatoms. The third-order valence-electron chi connectivity index (χ3n) is 4.69. The first kappa shape index (κ1) is 22.6. The van der Waals surface area contributed by atoms with Gasteiger partial charge in [0.15, 0.2) is 5.03 Å². The number of aryl methyl sites for hydroxylation is 2. The number of imidazole rings is 2. The molecule has 158 valence electrons. The zero-order chi connectivity index (χ0) is 21.7. The van der Waals surface area contributed by atoms with Crippen molar-refractivity contribution in [1.29, 1.82) is 9.56 Å². The molecule has 0 amide bonds. The molecule has 28 heavy (non-hydrogen) atoms. The first-order chi connectivity index (χ1) is 12.4. The summed E-state index contributed by atoms with van der Waals surface area (Å²) in [5.74, 6) is 1.38. The number of aromatic amines is 2. The van der Waals surface area contributed by atoms with E-state index < -0.39 is 24.9 Å². The van der Waals surface area contributed by atoms with Crippen LogP contribution in [0.3, 0.4) is 0 Å². The van der Waals surface area contributed by atoms with E-state index in [0.717, 1.165) is 0 Å². The third-order valence-corrected chi connectivity index (χ3v) is 6.94. The number of rotatable bonds is 6. The van der Waals surface area contributed by atoms with E-state index in [1.54, 1.807) is 6.92 Å². The number of aromatic nitrogens is 4. The van der Waals surface area contributed by atoms with Gasteiger partial charge in [0.2, 0.25) is 0 Å². The van der Waals surface area contributed by atoms with Gasteiger partial charge in [-0.3, -0.25) is 0 Å². The number of nitrogens with one attached hydrogen (secondary N) is 4. The molecule has 2 aromatic rings. The maximum atomic E-state index is 12.4. The maximum Gasteiger partial charge on any atom is 0.156 e. The molecule has 0 aliphatic rings. The van der Waals surface area contributed by atoms with E-state index in [1.165, 1.54) is 12.5 Å². The normalized spacial score (nSPS) is 17.3. The lowest BCUT2D eigenvalue weighted by Crippen LogP contribution is -2.21. The first-order valence-corrected chi connectivity index (χ1v) is 13.0. The van der Waals surface area contributed by atoms with Crippen molar-refractivity contribution in [3.05, 3.63) is 23.0 Å². The Morgan fingerprint density at radius 2 is 1.50 bits per heavy atom. The molecule has 2 rings (SSSR count). The fourth-order valence-electron chi connectivity index (χ4n) is 2.94. The highest BCUT2D eigenvalue weighted by Gasteiger charge is 2.29. The highest BCUT2D eigenvalue weighted by Crippen LogP contribution is 2.30. The first-order valence-electron chi connectivity index (χ1n) is 9.07. The van der Waals surface area contributed by atoms with Crippen LogP contribution in [0.1, 0.15) is 64.1 Å². The van der Waals surface area contributed by atoms with E-state index in [9.17, 15) is 8.42 Å². The van der Waals surface area contributed by atoms with Gasteiger partial charge < -0.3 is 9.97 Å². The third kappa shape index (κ3) is 4.83. The molecule has 2 aromatic heterocycles. The Kier molecular flexibility index (Phi) is 5.64. The van der Waals surface area contributed by atoms with Crippen LogP contribution in [0.25, 0.3) is 0 Å². The summed E-state index contributed by atoms with van der Waals surface area (Å²) in [5, 5.41) is 0.669. The predicted octanol–water partition coefficient (Wildman–Crippen LogP) is 3.72. The summed E-state index contributed by atoms with van der Waals surface area (Å²) in [5.41, 5.74) is 0.652. The van der Waals surface area contributed by atoms with E-state index in [2.05, 4.69) is 19.9 Å². The zero-order valence-corrected chi connectivity index (χ0v) is 19.6. The van der Waals surface area contributed by atoms with Crippen molar-refractivity contribution in [2.75, 3.05) is 12.5 Å². The van der Waals surface area contributed by atoms with Crippen LogP contribution < -0.4 is 0 Å². The lowest BCUT2D eigenvalue weighted by molar-refractivity contribution is 0.448. The highest BCUT2D eigenvalue weighted by atomic mass is 32.2. The van der Waals surface area contributed by atoms with Crippen LogP contribution in [0.4, 0.5) is 0 Å². The molecule has 2 unspecified atom stereocenters. The van der Waals surface area contributed by atoms with Crippen molar-refractivity contribution in [2.24, 2.45) is 0 Å². The SMILES string of the molecule is Cc1nc(C(C)(C)CCc2[nH]c(C(C)(C)C)nc2S(C)(=N)=O)[nH]c1S(C)(=N)=O. The van der Waals surface area contributed by atoms with E-state index in [4.69, 9.17) is 9.56 Å². The lowest BCUT2D eigenvalue weighted by Gasteiger charge is -2.22. The molecular formula is C18H32N6O2S2. The van der Waals surface area contributed by atoms with Crippen LogP contribution in [-0.2, 0) is 36.7 Å². The summed E-state index contributed by atoms with van der Waals surface area (Å²) < 4.78 is 40.3. The monoisotopic (exact) mass is 428 g/mol. The van der Waals surface area contributed by atoms with E-state index in [-0.39, 0.29) is 5.41 Å². The van der Waals surface area contributed by atoms with E-state index in [0.29, 0.717) is 45.9 Å². The molecule has 0 saturated carbocycles. The molecule has 4 N–H and O–H groups in total. The number of hydrogen-bond acceptors (Lipinski definition) is 6. The van der Waals surface area contributed by atoms with Crippen molar-refractivity contribution < 1.29 is 8.42 Å². The average molecular weight is 429 g/mol. The van der Waals surface area contributed by atoms with Gasteiger partial charge in [-0.05, 0) is 19.8 Å². The number of nitrogens with zero attached hydrogens (tertiary/aromatic N) is 2. The van der Waals surface area contributed by atoms with Crippen molar-refractivity contribution in [2.45, 2.75) is 75.3 Å². The Labute approximate surface area is 168 Å². The molecule has 2 heterocycles. The van der Waals surface area contributed by atoms with Crippen LogP contribution in [-0.4, -0.2) is 40.9 Å². The standard InChI is InChI=1S/C18H32N6O2S2/c1-11-13(27(7,19)25)23-16(21-11)18(5,6)10-9-12-14(28(8,20)26)24-15(22-12)17(2,3)4/h19-20H,9-10H2,1-8H3,(H,21,23)(H,22,24). The van der Waals surface area contributed by atoms with E-state index >= 15 is 0 Å². The highest BCUT2D eigenvalue weighted by molar-refractivity contribution is 7.92. The summed E-state index contributed by atoms with van der Waals surface area (Å²) in [6.07, 6.45) is 3.96. The summed E-state index contributed by atoms with van der Waals surface area (Å²) in [6, 6.07) is 0. The van der Waals surface area contributed by atoms with Gasteiger partial charge in [-0.2, -0.15) is 0 Å². The minimum Gasteiger partial charge on any atom is -0.344 e. The van der Waals surface area contributed by atoms with Crippen LogP contribution in [0.15, 0.2) is 10.1 Å². The minimum absolute atomic E-state index is 0.240. The van der Waals surface area contributed by atoms with Crippen molar-refractivity contribution in [1.82, 2.24) is 19.9 Å². The quantitative estimate of drug-likeness (QED) is 0.556. The van der Waals surface area contributed by atoms with Crippen LogP contribution in [0.5, 0.6) is 0 Å². The van der Waals surface area contributed by atoms with Crippen LogP contribution in [0.2, 0.25) is 0 Å². The zero-order valence-electron chi connectivity index (χ0n) is 17.9. The number of hydrogen-bond donors (Lipinski definition) is 4. The fraction of sp³-hybridized carbons (Fsp3) is 0.667. The Morgan fingerprint density at radius 3 is 1.93 bits per heavy atom. The topological polar surface area (TPSA) is 139 Å². The van der Waals surface area contributed by atoms with Crippen LogP contribution in [0, 0.1) is 16.5 Å². The van der Waals surface area contributed by atoms with Crippen LogP contribution >= 0.6 is 0 Å². The molecule has 0 saturated heterocycles. The summed E-state index contributed by atoms with van der Waals surface area (Å²) in [7, 11) is -5.83. The molecule has 2 atom stereocenters. The van der Waals surface area contributed by atoms with Gasteiger partial charge in [-0.1, -0.05) is 34.6 Å². The van der Waals surface area contributed by atoms with Gasteiger partial charge in [0, 0.05) is 23.3 Å². The molecule has 0 fully saturated rings. The second kappa shape index (κ2) is 6.98. The Bertz CT molecular complexity index is 1080. The maximum absolute atomic E-state index is 12.4. The second-order valence-corrected chi connectivity index (χ2v) is 13.4. The Balaban J connectivity index is 2.36. The molecular weight excluding hydrogens is 396 g/mol.